The summed E-state index contributed by atoms with van der Waals surface area (Å²) in [6.07, 6.45) is 7.91. The van der Waals surface area contributed by atoms with Crippen molar-refractivity contribution in [1.82, 2.24) is 15.1 Å². The molecule has 0 saturated heterocycles. The number of aromatic nitrogens is 2. The molecule has 1 atom stereocenters. The molecule has 21 heavy (non-hydrogen) atoms. The summed E-state index contributed by atoms with van der Waals surface area (Å²) in [5.74, 6) is 0.974. The molecular formula is C17H23N3O. The van der Waals surface area contributed by atoms with E-state index in [0.717, 1.165) is 18.7 Å². The molecule has 0 radical (unpaired) electrons. The zero-order valence-corrected chi connectivity index (χ0v) is 12.7. The number of aryl methyl sites for hydroxylation is 1. The summed E-state index contributed by atoms with van der Waals surface area (Å²) in [7, 11) is 1.95. The molecule has 1 aliphatic rings. The molecule has 4 heteroatoms. The van der Waals surface area contributed by atoms with Crippen molar-refractivity contribution in [2.24, 2.45) is 7.05 Å². The van der Waals surface area contributed by atoms with E-state index >= 15 is 0 Å². The molecule has 0 amide bonds. The number of hydrogen-bond donors (Lipinski definition) is 1. The third kappa shape index (κ3) is 3.64. The van der Waals surface area contributed by atoms with Crippen LogP contribution in [-0.4, -0.2) is 22.4 Å². The van der Waals surface area contributed by atoms with Gasteiger partial charge in [-0.3, -0.25) is 4.68 Å². The minimum absolute atomic E-state index is 0.168. The Morgan fingerprint density at radius 1 is 1.38 bits per heavy atom. The summed E-state index contributed by atoms with van der Waals surface area (Å²) >= 11 is 0. The van der Waals surface area contributed by atoms with Gasteiger partial charge < -0.3 is 10.1 Å². The van der Waals surface area contributed by atoms with Crippen molar-refractivity contribution < 1.29 is 4.74 Å². The van der Waals surface area contributed by atoms with E-state index in [9.17, 15) is 0 Å². The molecule has 0 aliphatic heterocycles. The topological polar surface area (TPSA) is 39.1 Å². The largest absolute Gasteiger partial charge is 0.490 e. The lowest BCUT2D eigenvalue weighted by Crippen LogP contribution is -2.23. The van der Waals surface area contributed by atoms with Gasteiger partial charge in [0.1, 0.15) is 5.75 Å². The van der Waals surface area contributed by atoms with Crippen LogP contribution in [0.3, 0.4) is 0 Å². The van der Waals surface area contributed by atoms with Crippen LogP contribution in [0.4, 0.5) is 0 Å². The summed E-state index contributed by atoms with van der Waals surface area (Å²) in [5, 5.41) is 7.90. The first-order valence-corrected chi connectivity index (χ1v) is 7.75. The second-order valence-corrected chi connectivity index (χ2v) is 5.72. The van der Waals surface area contributed by atoms with E-state index in [2.05, 4.69) is 41.7 Å². The van der Waals surface area contributed by atoms with Gasteiger partial charge in [-0.05, 0) is 43.5 Å². The number of rotatable bonds is 7. The van der Waals surface area contributed by atoms with Crippen LogP contribution in [0.2, 0.25) is 0 Å². The molecule has 1 saturated carbocycles. The highest BCUT2D eigenvalue weighted by Gasteiger charge is 2.24. The van der Waals surface area contributed by atoms with Gasteiger partial charge in [-0.25, -0.2) is 0 Å². The lowest BCUT2D eigenvalue weighted by Gasteiger charge is -2.18. The Morgan fingerprint density at radius 2 is 2.24 bits per heavy atom. The lowest BCUT2D eigenvalue weighted by atomic mass is 10.0. The van der Waals surface area contributed by atoms with Crippen LogP contribution >= 0.6 is 0 Å². The standard InChI is InChI=1S/C17H23N3O/c1-3-9-18-17(14-11-19-20(2)12-14)13-5-4-6-16(10-13)21-15-7-8-15/h4-6,10-12,15,17-18H,3,7-9H2,1-2H3. The van der Waals surface area contributed by atoms with Crippen molar-refractivity contribution in [1.29, 1.82) is 0 Å². The van der Waals surface area contributed by atoms with Crippen LogP contribution in [0.15, 0.2) is 36.7 Å². The molecule has 1 N–H and O–H groups in total. The monoisotopic (exact) mass is 285 g/mol. The van der Waals surface area contributed by atoms with Crippen molar-refractivity contribution in [2.75, 3.05) is 6.54 Å². The Morgan fingerprint density at radius 3 is 2.90 bits per heavy atom. The maximum atomic E-state index is 5.91. The van der Waals surface area contributed by atoms with Gasteiger partial charge in [-0.15, -0.1) is 0 Å². The average molecular weight is 285 g/mol. The fraction of sp³-hybridized carbons (Fsp3) is 0.471. The summed E-state index contributed by atoms with van der Waals surface area (Å²) in [5.41, 5.74) is 2.42. The van der Waals surface area contributed by atoms with Crippen molar-refractivity contribution >= 4 is 0 Å². The average Bonchev–Trinajstić information content (AvgIpc) is 3.19. The first-order chi connectivity index (χ1) is 10.3. The van der Waals surface area contributed by atoms with Gasteiger partial charge in [-0.2, -0.15) is 5.10 Å². The highest BCUT2D eigenvalue weighted by molar-refractivity contribution is 5.35. The second kappa shape index (κ2) is 6.31. The SMILES string of the molecule is CCCNC(c1cccc(OC2CC2)c1)c1cnn(C)c1. The van der Waals surface area contributed by atoms with Gasteiger partial charge in [0, 0.05) is 18.8 Å². The molecule has 1 aromatic carbocycles. The van der Waals surface area contributed by atoms with E-state index in [4.69, 9.17) is 4.74 Å². The molecule has 1 unspecified atom stereocenters. The third-order valence-corrected chi connectivity index (χ3v) is 3.68. The first kappa shape index (κ1) is 14.1. The highest BCUT2D eigenvalue weighted by atomic mass is 16.5. The quantitative estimate of drug-likeness (QED) is 0.850. The highest BCUT2D eigenvalue weighted by Crippen LogP contribution is 2.30. The maximum absolute atomic E-state index is 5.91. The zero-order valence-electron chi connectivity index (χ0n) is 12.7. The summed E-state index contributed by atoms with van der Waals surface area (Å²) in [6, 6.07) is 8.59. The summed E-state index contributed by atoms with van der Waals surface area (Å²) in [4.78, 5) is 0. The molecule has 1 fully saturated rings. The Kier molecular flexibility index (Phi) is 4.25. The number of ether oxygens (including phenoxy) is 1. The molecule has 112 valence electrons. The van der Waals surface area contributed by atoms with Crippen molar-refractivity contribution in [3.8, 4) is 5.75 Å². The molecule has 1 heterocycles. The Balaban J connectivity index is 1.83. The molecule has 2 aromatic rings. The maximum Gasteiger partial charge on any atom is 0.120 e. The Hall–Kier alpha value is -1.81. The van der Waals surface area contributed by atoms with E-state index in [1.54, 1.807) is 0 Å². The number of nitrogens with one attached hydrogen (secondary N) is 1. The molecule has 0 bridgehead atoms. The first-order valence-electron chi connectivity index (χ1n) is 7.75. The van der Waals surface area contributed by atoms with Crippen molar-refractivity contribution in [3.05, 3.63) is 47.8 Å². The fourth-order valence-corrected chi connectivity index (χ4v) is 2.45. The smallest absolute Gasteiger partial charge is 0.120 e. The van der Waals surface area contributed by atoms with Crippen LogP contribution in [0.5, 0.6) is 5.75 Å². The van der Waals surface area contributed by atoms with Crippen LogP contribution < -0.4 is 10.1 Å². The number of nitrogens with zero attached hydrogens (tertiary/aromatic N) is 2. The van der Waals surface area contributed by atoms with E-state index in [0.29, 0.717) is 6.10 Å². The molecule has 3 rings (SSSR count). The Bertz CT molecular complexity index is 589. The molecule has 1 aromatic heterocycles. The molecule has 4 nitrogen and oxygen atoms in total. The molecule has 0 spiro atoms. The summed E-state index contributed by atoms with van der Waals surface area (Å²) < 4.78 is 7.76. The zero-order chi connectivity index (χ0) is 14.7. The molecular weight excluding hydrogens is 262 g/mol. The van der Waals surface area contributed by atoms with Crippen LogP contribution in [0, 0.1) is 0 Å². The second-order valence-electron chi connectivity index (χ2n) is 5.72. The minimum atomic E-state index is 0.168. The van der Waals surface area contributed by atoms with Crippen molar-refractivity contribution in [3.63, 3.8) is 0 Å². The number of benzene rings is 1. The van der Waals surface area contributed by atoms with E-state index < -0.39 is 0 Å². The summed E-state index contributed by atoms with van der Waals surface area (Å²) in [6.45, 7) is 3.16. The normalized spacial score (nSPS) is 15.9. The van der Waals surface area contributed by atoms with Gasteiger partial charge >= 0.3 is 0 Å². The lowest BCUT2D eigenvalue weighted by molar-refractivity contribution is 0.302. The van der Waals surface area contributed by atoms with Gasteiger partial charge in [0.25, 0.3) is 0 Å². The molecule has 1 aliphatic carbocycles. The van der Waals surface area contributed by atoms with E-state index in [-0.39, 0.29) is 6.04 Å². The van der Waals surface area contributed by atoms with E-state index in [1.165, 1.54) is 24.0 Å². The number of hydrogen-bond acceptors (Lipinski definition) is 3. The van der Waals surface area contributed by atoms with Gasteiger partial charge in [0.2, 0.25) is 0 Å². The van der Waals surface area contributed by atoms with Gasteiger partial charge in [-0.1, -0.05) is 19.1 Å². The third-order valence-electron chi connectivity index (χ3n) is 3.68. The van der Waals surface area contributed by atoms with Gasteiger partial charge in [0.15, 0.2) is 0 Å². The minimum Gasteiger partial charge on any atom is -0.490 e. The fourth-order valence-electron chi connectivity index (χ4n) is 2.45. The predicted molar refractivity (Wildman–Crippen MR) is 83.4 cm³/mol. The van der Waals surface area contributed by atoms with Crippen molar-refractivity contribution in [2.45, 2.75) is 38.3 Å². The van der Waals surface area contributed by atoms with E-state index in [1.807, 2.05) is 24.0 Å². The van der Waals surface area contributed by atoms with Crippen LogP contribution in [0.1, 0.15) is 43.4 Å². The predicted octanol–water partition coefficient (Wildman–Crippen LogP) is 3.05. The van der Waals surface area contributed by atoms with Gasteiger partial charge in [0.05, 0.1) is 18.3 Å². The van der Waals surface area contributed by atoms with Crippen LogP contribution in [-0.2, 0) is 7.05 Å². The Labute approximate surface area is 126 Å². The van der Waals surface area contributed by atoms with Crippen LogP contribution in [0.25, 0.3) is 0 Å².